The topological polar surface area (TPSA) is 73.1 Å². The van der Waals surface area contributed by atoms with Gasteiger partial charge in [0.2, 0.25) is 5.91 Å². The Kier molecular flexibility index (Phi) is 4.67. The Hall–Kier alpha value is -3.45. The molecular formula is C21H17N3O3S. The number of amides is 1. The number of anilines is 1. The summed E-state index contributed by atoms with van der Waals surface area (Å²) in [5.74, 6) is -0.335. The summed E-state index contributed by atoms with van der Waals surface area (Å²) in [6.45, 7) is 1.75. The van der Waals surface area contributed by atoms with Gasteiger partial charge >= 0.3 is 5.69 Å². The zero-order chi connectivity index (χ0) is 19.7. The minimum absolute atomic E-state index is 0.187. The van der Waals surface area contributed by atoms with E-state index in [1.807, 2.05) is 31.2 Å². The van der Waals surface area contributed by atoms with Crippen molar-refractivity contribution in [2.45, 2.75) is 13.5 Å². The highest BCUT2D eigenvalue weighted by Gasteiger charge is 2.17. The van der Waals surface area contributed by atoms with E-state index in [4.69, 9.17) is 0 Å². The molecule has 1 N–H and O–H groups in total. The molecule has 0 aliphatic carbocycles. The number of para-hydroxylation sites is 1. The van der Waals surface area contributed by atoms with E-state index in [1.165, 1.54) is 15.9 Å². The van der Waals surface area contributed by atoms with Gasteiger partial charge in [0.25, 0.3) is 5.56 Å². The average molecular weight is 391 g/mol. The highest BCUT2D eigenvalue weighted by atomic mass is 32.1. The molecule has 0 aliphatic rings. The van der Waals surface area contributed by atoms with Crippen LogP contribution in [0.2, 0.25) is 0 Å². The number of carbonyl (C=O) groups excluding carboxylic acids is 1. The lowest BCUT2D eigenvalue weighted by Crippen LogP contribution is -2.40. The van der Waals surface area contributed by atoms with Crippen molar-refractivity contribution in [3.63, 3.8) is 0 Å². The average Bonchev–Trinajstić information content (AvgIpc) is 3.16. The zero-order valence-electron chi connectivity index (χ0n) is 15.1. The molecule has 28 heavy (non-hydrogen) atoms. The van der Waals surface area contributed by atoms with Gasteiger partial charge in [-0.25, -0.2) is 9.36 Å². The first-order chi connectivity index (χ1) is 13.5. The lowest BCUT2D eigenvalue weighted by molar-refractivity contribution is -0.116. The van der Waals surface area contributed by atoms with Crippen LogP contribution in [0.25, 0.3) is 15.9 Å². The maximum Gasteiger partial charge on any atom is 0.336 e. The maximum absolute atomic E-state index is 13.1. The van der Waals surface area contributed by atoms with E-state index in [0.717, 1.165) is 10.1 Å². The first-order valence-electron chi connectivity index (χ1n) is 8.69. The zero-order valence-corrected chi connectivity index (χ0v) is 15.9. The van der Waals surface area contributed by atoms with Crippen molar-refractivity contribution in [1.29, 1.82) is 0 Å². The predicted molar refractivity (Wildman–Crippen MR) is 111 cm³/mol. The monoisotopic (exact) mass is 391 g/mol. The van der Waals surface area contributed by atoms with Crippen molar-refractivity contribution >= 4 is 33.1 Å². The SMILES string of the molecule is Cc1cccc(NC(=O)Cn2c(=O)n(-c3ccccc3)c(=O)c3sccc32)c1. The standard InChI is InChI=1S/C21H17N3O3S/c1-14-6-5-7-15(12-14)22-18(25)13-23-17-10-11-28-19(17)20(26)24(21(23)27)16-8-3-2-4-9-16/h2-12H,13H2,1H3,(H,22,25). The molecule has 1 amide bonds. The molecule has 7 heteroatoms. The largest absolute Gasteiger partial charge is 0.336 e. The number of thiophene rings is 1. The molecule has 0 aliphatic heterocycles. The molecule has 0 saturated carbocycles. The smallest absolute Gasteiger partial charge is 0.325 e. The number of fused-ring (bicyclic) bond motifs is 1. The minimum Gasteiger partial charge on any atom is -0.325 e. The van der Waals surface area contributed by atoms with E-state index in [0.29, 0.717) is 21.6 Å². The fourth-order valence-corrected chi connectivity index (χ4v) is 3.94. The van der Waals surface area contributed by atoms with E-state index in [2.05, 4.69) is 5.32 Å². The number of hydrogen-bond acceptors (Lipinski definition) is 4. The van der Waals surface area contributed by atoms with Crippen LogP contribution in [0.4, 0.5) is 5.69 Å². The normalized spacial score (nSPS) is 10.9. The second kappa shape index (κ2) is 7.28. The summed E-state index contributed by atoms with van der Waals surface area (Å²) in [6.07, 6.45) is 0. The summed E-state index contributed by atoms with van der Waals surface area (Å²) in [7, 11) is 0. The van der Waals surface area contributed by atoms with Gasteiger partial charge in [0, 0.05) is 5.69 Å². The molecule has 140 valence electrons. The number of aromatic nitrogens is 2. The second-order valence-electron chi connectivity index (χ2n) is 6.40. The van der Waals surface area contributed by atoms with Crippen LogP contribution in [0.3, 0.4) is 0 Å². The summed E-state index contributed by atoms with van der Waals surface area (Å²) in [5.41, 5.74) is 1.70. The van der Waals surface area contributed by atoms with Gasteiger partial charge < -0.3 is 5.32 Å². The molecule has 4 rings (SSSR count). The Morgan fingerprint density at radius 1 is 1.04 bits per heavy atom. The van der Waals surface area contributed by atoms with Gasteiger partial charge in [-0.3, -0.25) is 14.2 Å². The lowest BCUT2D eigenvalue weighted by atomic mass is 10.2. The van der Waals surface area contributed by atoms with Crippen LogP contribution in [0, 0.1) is 6.92 Å². The van der Waals surface area contributed by atoms with Crippen LogP contribution in [-0.2, 0) is 11.3 Å². The molecule has 0 saturated heterocycles. The van der Waals surface area contributed by atoms with E-state index in [-0.39, 0.29) is 18.0 Å². The van der Waals surface area contributed by atoms with Crippen molar-refractivity contribution in [3.05, 3.63) is 92.4 Å². The lowest BCUT2D eigenvalue weighted by Gasteiger charge is -2.12. The third kappa shape index (κ3) is 3.27. The molecular weight excluding hydrogens is 374 g/mol. The van der Waals surface area contributed by atoms with Gasteiger partial charge in [0.1, 0.15) is 11.2 Å². The molecule has 0 unspecified atom stereocenters. The highest BCUT2D eigenvalue weighted by Crippen LogP contribution is 2.17. The van der Waals surface area contributed by atoms with Crippen molar-refractivity contribution in [1.82, 2.24) is 9.13 Å². The number of benzene rings is 2. The van der Waals surface area contributed by atoms with Crippen LogP contribution >= 0.6 is 11.3 Å². The van der Waals surface area contributed by atoms with Crippen LogP contribution in [0.15, 0.2) is 75.6 Å². The van der Waals surface area contributed by atoms with Crippen LogP contribution in [-0.4, -0.2) is 15.0 Å². The van der Waals surface area contributed by atoms with Gasteiger partial charge in [-0.05, 0) is 48.2 Å². The van der Waals surface area contributed by atoms with Crippen molar-refractivity contribution in [2.75, 3.05) is 5.32 Å². The maximum atomic E-state index is 13.1. The predicted octanol–water partition coefficient (Wildman–Crippen LogP) is 3.16. The van der Waals surface area contributed by atoms with Gasteiger partial charge in [0.05, 0.1) is 11.2 Å². The highest BCUT2D eigenvalue weighted by molar-refractivity contribution is 7.17. The Balaban J connectivity index is 1.79. The van der Waals surface area contributed by atoms with Crippen molar-refractivity contribution in [3.8, 4) is 5.69 Å². The summed E-state index contributed by atoms with van der Waals surface area (Å²) in [5, 5.41) is 4.55. The molecule has 2 heterocycles. The van der Waals surface area contributed by atoms with E-state index in [1.54, 1.807) is 41.8 Å². The molecule has 2 aromatic carbocycles. The number of hydrogen-bond donors (Lipinski definition) is 1. The fourth-order valence-electron chi connectivity index (χ4n) is 3.11. The van der Waals surface area contributed by atoms with E-state index in [9.17, 15) is 14.4 Å². The van der Waals surface area contributed by atoms with Gasteiger partial charge in [0.15, 0.2) is 0 Å². The molecule has 6 nitrogen and oxygen atoms in total. The number of aryl methyl sites for hydroxylation is 1. The van der Waals surface area contributed by atoms with E-state index >= 15 is 0 Å². The van der Waals surface area contributed by atoms with Gasteiger partial charge in [-0.15, -0.1) is 11.3 Å². The Bertz CT molecular complexity index is 1290. The quantitative estimate of drug-likeness (QED) is 0.581. The molecule has 0 atom stereocenters. The first-order valence-corrected chi connectivity index (χ1v) is 9.57. The Labute approximate surface area is 164 Å². The van der Waals surface area contributed by atoms with Crippen molar-refractivity contribution < 1.29 is 4.79 Å². The summed E-state index contributed by atoms with van der Waals surface area (Å²) < 4.78 is 2.89. The number of nitrogens with zero attached hydrogens (tertiary/aromatic N) is 2. The van der Waals surface area contributed by atoms with Crippen LogP contribution in [0.5, 0.6) is 0 Å². The van der Waals surface area contributed by atoms with Gasteiger partial charge in [-0.1, -0.05) is 30.3 Å². The molecule has 4 aromatic rings. The molecule has 0 radical (unpaired) electrons. The molecule has 0 fully saturated rings. The third-order valence-corrected chi connectivity index (χ3v) is 5.26. The van der Waals surface area contributed by atoms with Crippen LogP contribution in [0.1, 0.15) is 5.56 Å². The first kappa shape index (κ1) is 17.9. The summed E-state index contributed by atoms with van der Waals surface area (Å²) >= 11 is 1.25. The number of rotatable bonds is 4. The Morgan fingerprint density at radius 3 is 2.57 bits per heavy atom. The second-order valence-corrected chi connectivity index (χ2v) is 7.31. The van der Waals surface area contributed by atoms with Gasteiger partial charge in [-0.2, -0.15) is 0 Å². The van der Waals surface area contributed by atoms with Crippen LogP contribution < -0.4 is 16.6 Å². The summed E-state index contributed by atoms with van der Waals surface area (Å²) in [4.78, 5) is 38.5. The number of carbonyl (C=O) groups is 1. The molecule has 2 aromatic heterocycles. The Morgan fingerprint density at radius 2 is 1.82 bits per heavy atom. The van der Waals surface area contributed by atoms with E-state index < -0.39 is 5.69 Å². The van der Waals surface area contributed by atoms with Crippen molar-refractivity contribution in [2.24, 2.45) is 0 Å². The third-order valence-electron chi connectivity index (χ3n) is 4.37. The molecule has 0 bridgehead atoms. The summed E-state index contributed by atoms with van der Waals surface area (Å²) in [6, 6.07) is 17.8. The fraction of sp³-hybridized carbons (Fsp3) is 0.0952. The number of nitrogens with one attached hydrogen (secondary N) is 1. The minimum atomic E-state index is -0.540. The molecule has 0 spiro atoms.